The van der Waals surface area contributed by atoms with Crippen LogP contribution >= 0.6 is 0 Å². The molecule has 25 heavy (non-hydrogen) atoms. The molecule has 4 heteroatoms. The Kier molecular flexibility index (Phi) is 5.29. The molecule has 2 aromatic carbocycles. The van der Waals surface area contributed by atoms with Crippen LogP contribution in [-0.2, 0) is 6.54 Å². The van der Waals surface area contributed by atoms with Gasteiger partial charge >= 0.3 is 0 Å². The van der Waals surface area contributed by atoms with Crippen molar-refractivity contribution in [1.29, 1.82) is 0 Å². The van der Waals surface area contributed by atoms with Gasteiger partial charge in [-0.1, -0.05) is 12.1 Å². The molecule has 0 amide bonds. The fraction of sp³-hybridized carbons (Fsp3) is 0.190. The second-order valence-electron chi connectivity index (χ2n) is 5.77. The Bertz CT molecular complexity index is 833. The van der Waals surface area contributed by atoms with Crippen LogP contribution < -0.4 is 9.64 Å². The molecule has 3 rings (SSSR count). The number of methoxy groups -OCH3 is 1. The first-order valence-electron chi connectivity index (χ1n) is 8.29. The Labute approximate surface area is 147 Å². The zero-order valence-electron chi connectivity index (χ0n) is 14.4. The highest BCUT2D eigenvalue weighted by Gasteiger charge is 2.08. The van der Waals surface area contributed by atoms with Gasteiger partial charge in [-0.2, -0.15) is 0 Å². The van der Waals surface area contributed by atoms with Crippen LogP contribution in [0.4, 0.5) is 10.1 Å². The van der Waals surface area contributed by atoms with E-state index in [0.717, 1.165) is 41.3 Å². The van der Waals surface area contributed by atoms with E-state index < -0.39 is 0 Å². The smallest absolute Gasteiger partial charge is 0.123 e. The van der Waals surface area contributed by atoms with Crippen molar-refractivity contribution in [3.05, 3.63) is 78.2 Å². The van der Waals surface area contributed by atoms with Crippen molar-refractivity contribution < 1.29 is 9.13 Å². The number of hydrogen-bond acceptors (Lipinski definition) is 3. The maximum atomic E-state index is 13.5. The average molecular weight is 336 g/mol. The fourth-order valence-corrected chi connectivity index (χ4v) is 2.78. The van der Waals surface area contributed by atoms with Crippen molar-refractivity contribution in [1.82, 2.24) is 4.98 Å². The van der Waals surface area contributed by atoms with Crippen LogP contribution in [0.3, 0.4) is 0 Å². The molecule has 0 aliphatic heterocycles. The largest absolute Gasteiger partial charge is 0.497 e. The third kappa shape index (κ3) is 4.15. The topological polar surface area (TPSA) is 25.4 Å². The normalized spacial score (nSPS) is 10.5. The Hall–Kier alpha value is -2.88. The summed E-state index contributed by atoms with van der Waals surface area (Å²) in [5, 5.41) is 0. The molecule has 1 aromatic heterocycles. The number of nitrogens with zero attached hydrogens (tertiary/aromatic N) is 2. The fourth-order valence-electron chi connectivity index (χ4n) is 2.78. The highest BCUT2D eigenvalue weighted by atomic mass is 19.1. The number of pyridine rings is 1. The van der Waals surface area contributed by atoms with Crippen molar-refractivity contribution in [3.63, 3.8) is 0 Å². The van der Waals surface area contributed by atoms with Gasteiger partial charge in [-0.3, -0.25) is 4.98 Å². The number of halogens is 1. The van der Waals surface area contributed by atoms with Crippen LogP contribution in [0.15, 0.2) is 66.9 Å². The summed E-state index contributed by atoms with van der Waals surface area (Å²) in [4.78, 5) is 6.65. The van der Waals surface area contributed by atoms with Crippen molar-refractivity contribution in [2.45, 2.75) is 13.5 Å². The van der Waals surface area contributed by atoms with E-state index >= 15 is 0 Å². The van der Waals surface area contributed by atoms with E-state index in [-0.39, 0.29) is 5.82 Å². The van der Waals surface area contributed by atoms with Gasteiger partial charge < -0.3 is 9.64 Å². The van der Waals surface area contributed by atoms with Crippen molar-refractivity contribution >= 4 is 5.69 Å². The van der Waals surface area contributed by atoms with Crippen molar-refractivity contribution in [2.24, 2.45) is 0 Å². The van der Waals surface area contributed by atoms with Crippen LogP contribution in [0, 0.1) is 5.82 Å². The molecule has 1 heterocycles. The summed E-state index contributed by atoms with van der Waals surface area (Å²) in [6.07, 6.45) is 1.78. The highest BCUT2D eigenvalue weighted by molar-refractivity contribution is 5.60. The number of anilines is 1. The second-order valence-corrected chi connectivity index (χ2v) is 5.77. The lowest BCUT2D eigenvalue weighted by atomic mass is 10.1. The van der Waals surface area contributed by atoms with E-state index in [4.69, 9.17) is 4.74 Å². The summed E-state index contributed by atoms with van der Waals surface area (Å²) >= 11 is 0. The molecule has 3 aromatic rings. The Morgan fingerprint density at radius 3 is 2.52 bits per heavy atom. The molecule has 0 fully saturated rings. The van der Waals surface area contributed by atoms with Gasteiger partial charge in [0.15, 0.2) is 0 Å². The summed E-state index contributed by atoms with van der Waals surface area (Å²) < 4.78 is 18.7. The molecule has 0 radical (unpaired) electrons. The van der Waals surface area contributed by atoms with E-state index in [9.17, 15) is 4.39 Å². The molecule has 0 spiro atoms. The molecule has 0 saturated carbocycles. The minimum Gasteiger partial charge on any atom is -0.497 e. The first kappa shape index (κ1) is 17.0. The zero-order chi connectivity index (χ0) is 17.6. The third-order valence-corrected chi connectivity index (χ3v) is 4.14. The number of ether oxygens (including phenoxy) is 1. The molecule has 0 atom stereocenters. The minimum absolute atomic E-state index is 0.252. The molecule has 0 bridgehead atoms. The summed E-state index contributed by atoms with van der Waals surface area (Å²) in [5.74, 6) is 0.593. The molecule has 0 saturated heterocycles. The van der Waals surface area contributed by atoms with Crippen LogP contribution in [-0.4, -0.2) is 18.6 Å². The zero-order valence-corrected chi connectivity index (χ0v) is 14.4. The maximum Gasteiger partial charge on any atom is 0.123 e. The Morgan fingerprint density at radius 1 is 1.04 bits per heavy atom. The van der Waals surface area contributed by atoms with E-state index in [1.54, 1.807) is 19.4 Å². The summed E-state index contributed by atoms with van der Waals surface area (Å²) in [5.41, 5.74) is 3.83. The van der Waals surface area contributed by atoms with Gasteiger partial charge in [0.05, 0.1) is 12.8 Å². The van der Waals surface area contributed by atoms with Crippen LogP contribution in [0.25, 0.3) is 11.3 Å². The standard InChI is InChI=1S/C21H21FN2O/c1-3-24(19-7-9-20(25-2)10-8-19)15-16-11-12-23-21(13-16)17-5-4-6-18(22)14-17/h4-14H,3,15H2,1-2H3. The number of rotatable bonds is 6. The van der Waals surface area contributed by atoms with Gasteiger partial charge in [0.1, 0.15) is 11.6 Å². The van der Waals surface area contributed by atoms with E-state index in [0.29, 0.717) is 0 Å². The molecule has 0 aliphatic rings. The second kappa shape index (κ2) is 7.79. The Morgan fingerprint density at radius 2 is 1.84 bits per heavy atom. The molecule has 128 valence electrons. The van der Waals surface area contributed by atoms with Gasteiger partial charge in [0.2, 0.25) is 0 Å². The van der Waals surface area contributed by atoms with Gasteiger partial charge in [-0.15, -0.1) is 0 Å². The molecule has 0 N–H and O–H groups in total. The SMILES string of the molecule is CCN(Cc1ccnc(-c2cccc(F)c2)c1)c1ccc(OC)cc1. The molecule has 0 unspecified atom stereocenters. The van der Waals surface area contributed by atoms with Gasteiger partial charge in [-0.05, 0) is 61.0 Å². The molecular formula is C21H21FN2O. The lowest BCUT2D eigenvalue weighted by Gasteiger charge is -2.23. The first-order chi connectivity index (χ1) is 12.2. The van der Waals surface area contributed by atoms with Crippen LogP contribution in [0.2, 0.25) is 0 Å². The maximum absolute atomic E-state index is 13.5. The van der Waals surface area contributed by atoms with E-state index in [1.807, 2.05) is 30.3 Å². The highest BCUT2D eigenvalue weighted by Crippen LogP contribution is 2.23. The van der Waals surface area contributed by atoms with Crippen molar-refractivity contribution in [3.8, 4) is 17.0 Å². The monoisotopic (exact) mass is 336 g/mol. The third-order valence-electron chi connectivity index (χ3n) is 4.14. The predicted molar refractivity (Wildman–Crippen MR) is 99.3 cm³/mol. The molecular weight excluding hydrogens is 315 g/mol. The molecule has 0 aliphatic carbocycles. The first-order valence-corrected chi connectivity index (χ1v) is 8.29. The quantitative estimate of drug-likeness (QED) is 0.639. The number of benzene rings is 2. The van der Waals surface area contributed by atoms with Gasteiger partial charge in [0, 0.05) is 30.5 Å². The van der Waals surface area contributed by atoms with E-state index in [1.165, 1.54) is 12.1 Å². The summed E-state index contributed by atoms with van der Waals surface area (Å²) in [6, 6.07) is 18.6. The predicted octanol–water partition coefficient (Wildman–Crippen LogP) is 4.92. The minimum atomic E-state index is -0.252. The average Bonchev–Trinajstić information content (AvgIpc) is 2.66. The number of hydrogen-bond donors (Lipinski definition) is 0. The lowest BCUT2D eigenvalue weighted by Crippen LogP contribution is -2.21. The van der Waals surface area contributed by atoms with Crippen LogP contribution in [0.1, 0.15) is 12.5 Å². The summed E-state index contributed by atoms with van der Waals surface area (Å²) in [7, 11) is 1.66. The van der Waals surface area contributed by atoms with E-state index in [2.05, 4.69) is 28.9 Å². The number of aromatic nitrogens is 1. The van der Waals surface area contributed by atoms with Crippen LogP contribution in [0.5, 0.6) is 5.75 Å². The summed E-state index contributed by atoms with van der Waals surface area (Å²) in [6.45, 7) is 3.76. The molecule has 3 nitrogen and oxygen atoms in total. The van der Waals surface area contributed by atoms with Gasteiger partial charge in [-0.25, -0.2) is 4.39 Å². The van der Waals surface area contributed by atoms with Gasteiger partial charge in [0.25, 0.3) is 0 Å². The van der Waals surface area contributed by atoms with Crippen molar-refractivity contribution in [2.75, 3.05) is 18.6 Å². The lowest BCUT2D eigenvalue weighted by molar-refractivity contribution is 0.415. The Balaban J connectivity index is 1.82.